The second-order valence-electron chi connectivity index (χ2n) is 10.4. The van der Waals surface area contributed by atoms with Crippen LogP contribution in [0.3, 0.4) is 0 Å². The van der Waals surface area contributed by atoms with Crippen molar-refractivity contribution in [3.05, 3.63) is 71.7 Å². The molecule has 1 fully saturated rings. The van der Waals surface area contributed by atoms with Gasteiger partial charge in [-0.3, -0.25) is 14.1 Å². The summed E-state index contributed by atoms with van der Waals surface area (Å²) in [6.45, 7) is 3.27. The molecule has 2 N–H and O–H groups in total. The number of nitrogens with one attached hydrogen (secondary N) is 2. The maximum absolute atomic E-state index is 13.1. The van der Waals surface area contributed by atoms with Gasteiger partial charge >= 0.3 is 6.09 Å². The van der Waals surface area contributed by atoms with Gasteiger partial charge in [-0.05, 0) is 56.9 Å². The number of nitrogens with zero attached hydrogens (tertiary/aromatic N) is 5. The molecule has 0 saturated carbocycles. The van der Waals surface area contributed by atoms with Gasteiger partial charge in [0.25, 0.3) is 5.91 Å². The molecule has 4 aromatic heterocycles. The third kappa shape index (κ3) is 3.85. The highest BCUT2D eigenvalue weighted by Crippen LogP contribution is 2.37. The van der Waals surface area contributed by atoms with Crippen molar-refractivity contribution >= 4 is 45.9 Å². The standard InChI is InChI=1S/C29H27N7O4/c1-16-14-35(29(38)40-16)21-6-8-25(33-20(21)15-34(2)3)32-19-5-4-17(18-12-31-28(37)27(18)19)23-13-30-26-9-7-24-22(36(23)26)10-11-39-24/h4-11,13,16H,12,14-15H2,1-3H3,(H,31,37)(H,32,33). The first-order valence-corrected chi connectivity index (χ1v) is 13.1. The number of furan rings is 1. The molecule has 1 atom stereocenters. The summed E-state index contributed by atoms with van der Waals surface area (Å²) in [6.07, 6.45) is 2.92. The van der Waals surface area contributed by atoms with E-state index in [1.165, 1.54) is 0 Å². The number of cyclic esters (lactones) is 1. The number of pyridine rings is 2. The number of carbonyl (C=O) groups excluding carboxylic acids is 2. The summed E-state index contributed by atoms with van der Waals surface area (Å²) in [4.78, 5) is 38.5. The Bertz CT molecular complexity index is 1820. The van der Waals surface area contributed by atoms with Crippen LogP contribution in [0.4, 0.5) is 22.0 Å². The van der Waals surface area contributed by atoms with E-state index in [1.54, 1.807) is 11.2 Å². The highest BCUT2D eigenvalue weighted by Gasteiger charge is 2.32. The molecule has 0 aliphatic carbocycles. The van der Waals surface area contributed by atoms with Crippen LogP contribution in [0.2, 0.25) is 0 Å². The molecular formula is C29H27N7O4. The van der Waals surface area contributed by atoms with Gasteiger partial charge in [0.05, 0.1) is 52.8 Å². The Morgan fingerprint density at radius 1 is 1.12 bits per heavy atom. The van der Waals surface area contributed by atoms with Gasteiger partial charge in [0, 0.05) is 24.7 Å². The Morgan fingerprint density at radius 3 is 2.80 bits per heavy atom. The van der Waals surface area contributed by atoms with Crippen molar-refractivity contribution in [2.75, 3.05) is 30.9 Å². The predicted molar refractivity (Wildman–Crippen MR) is 150 cm³/mol. The molecule has 2 aliphatic rings. The lowest BCUT2D eigenvalue weighted by atomic mass is 9.99. The van der Waals surface area contributed by atoms with Crippen LogP contribution < -0.4 is 15.5 Å². The van der Waals surface area contributed by atoms with Crippen LogP contribution in [0.5, 0.6) is 0 Å². The molecule has 40 heavy (non-hydrogen) atoms. The van der Waals surface area contributed by atoms with Crippen LogP contribution in [-0.4, -0.2) is 58.0 Å². The average Bonchev–Trinajstić information content (AvgIpc) is 3.70. The Balaban J connectivity index is 1.29. The number of fused-ring (bicyclic) bond motifs is 4. The van der Waals surface area contributed by atoms with E-state index in [1.807, 2.05) is 79.0 Å². The smallest absolute Gasteiger partial charge is 0.414 e. The minimum atomic E-state index is -0.375. The first-order valence-electron chi connectivity index (χ1n) is 13.1. The van der Waals surface area contributed by atoms with Gasteiger partial charge in [0.15, 0.2) is 5.58 Å². The topological polar surface area (TPSA) is 117 Å². The monoisotopic (exact) mass is 537 g/mol. The van der Waals surface area contributed by atoms with Crippen molar-refractivity contribution < 1.29 is 18.7 Å². The lowest BCUT2D eigenvalue weighted by molar-refractivity contribution is 0.0966. The fourth-order valence-corrected chi connectivity index (χ4v) is 5.56. The molecule has 2 aliphatic heterocycles. The number of hydrogen-bond donors (Lipinski definition) is 2. The molecular weight excluding hydrogens is 510 g/mol. The minimum absolute atomic E-state index is 0.152. The summed E-state index contributed by atoms with van der Waals surface area (Å²) in [5, 5.41) is 6.33. The molecule has 1 aromatic carbocycles. The van der Waals surface area contributed by atoms with E-state index in [9.17, 15) is 9.59 Å². The summed E-state index contributed by atoms with van der Waals surface area (Å²) < 4.78 is 13.0. The number of carbonyl (C=O) groups is 2. The number of ether oxygens (including phenoxy) is 1. The number of rotatable bonds is 6. The van der Waals surface area contributed by atoms with Crippen LogP contribution in [0, 0.1) is 0 Å². The second-order valence-corrected chi connectivity index (χ2v) is 10.4. The minimum Gasteiger partial charge on any atom is -0.463 e. The van der Waals surface area contributed by atoms with Crippen molar-refractivity contribution in [3.63, 3.8) is 0 Å². The van der Waals surface area contributed by atoms with Crippen LogP contribution in [-0.2, 0) is 17.8 Å². The lowest BCUT2D eigenvalue weighted by Crippen LogP contribution is -2.27. The zero-order valence-electron chi connectivity index (χ0n) is 22.3. The third-order valence-corrected chi connectivity index (χ3v) is 7.26. The molecule has 0 bridgehead atoms. The molecule has 1 unspecified atom stereocenters. The molecule has 11 heteroatoms. The summed E-state index contributed by atoms with van der Waals surface area (Å²) in [5.41, 5.74) is 7.82. The lowest BCUT2D eigenvalue weighted by Gasteiger charge is -2.20. The summed E-state index contributed by atoms with van der Waals surface area (Å²) in [6, 6.07) is 13.3. The Hall–Kier alpha value is -4.90. The van der Waals surface area contributed by atoms with Crippen molar-refractivity contribution in [3.8, 4) is 11.3 Å². The van der Waals surface area contributed by atoms with Crippen molar-refractivity contribution in [1.82, 2.24) is 24.6 Å². The van der Waals surface area contributed by atoms with Crippen molar-refractivity contribution in [1.29, 1.82) is 0 Å². The third-order valence-electron chi connectivity index (χ3n) is 7.26. The Labute approximate surface area is 229 Å². The van der Waals surface area contributed by atoms with Gasteiger partial charge in [0.1, 0.15) is 17.6 Å². The number of anilines is 3. The van der Waals surface area contributed by atoms with E-state index >= 15 is 0 Å². The first kappa shape index (κ1) is 24.2. The first-order chi connectivity index (χ1) is 19.4. The van der Waals surface area contributed by atoms with Crippen LogP contribution in [0.15, 0.2) is 59.3 Å². The molecule has 202 valence electrons. The van der Waals surface area contributed by atoms with Gasteiger partial charge in [0.2, 0.25) is 0 Å². The van der Waals surface area contributed by atoms with Crippen LogP contribution >= 0.6 is 0 Å². The quantitative estimate of drug-likeness (QED) is 0.324. The van der Waals surface area contributed by atoms with Gasteiger partial charge in [-0.2, -0.15) is 0 Å². The van der Waals surface area contributed by atoms with Gasteiger partial charge in [-0.1, -0.05) is 6.07 Å². The van der Waals surface area contributed by atoms with Crippen molar-refractivity contribution in [2.24, 2.45) is 0 Å². The summed E-state index contributed by atoms with van der Waals surface area (Å²) >= 11 is 0. The molecule has 2 amide bonds. The molecule has 0 radical (unpaired) electrons. The molecule has 1 saturated heterocycles. The van der Waals surface area contributed by atoms with Crippen molar-refractivity contribution in [2.45, 2.75) is 26.1 Å². The Kier molecular flexibility index (Phi) is 5.49. The van der Waals surface area contributed by atoms with E-state index < -0.39 is 0 Å². The number of hydrogen-bond acceptors (Lipinski definition) is 8. The molecule has 11 nitrogen and oxygen atoms in total. The van der Waals surface area contributed by atoms with Gasteiger partial charge in [-0.25, -0.2) is 14.8 Å². The largest absolute Gasteiger partial charge is 0.463 e. The van der Waals surface area contributed by atoms with E-state index in [4.69, 9.17) is 14.1 Å². The average molecular weight is 538 g/mol. The maximum atomic E-state index is 13.1. The fraction of sp³-hybridized carbons (Fsp3) is 0.241. The van der Waals surface area contributed by atoms with E-state index in [0.29, 0.717) is 42.4 Å². The van der Waals surface area contributed by atoms with E-state index in [2.05, 4.69) is 15.6 Å². The van der Waals surface area contributed by atoms with E-state index in [0.717, 1.165) is 39.3 Å². The van der Waals surface area contributed by atoms with Crippen LogP contribution in [0.1, 0.15) is 28.5 Å². The zero-order valence-corrected chi connectivity index (χ0v) is 22.3. The number of aromatic nitrogens is 3. The number of amides is 2. The zero-order chi connectivity index (χ0) is 27.5. The normalized spacial score (nSPS) is 16.7. The Morgan fingerprint density at radius 2 is 2.00 bits per heavy atom. The number of imidazole rings is 1. The SMILES string of the molecule is CC1CN(c2ccc(Nc3ccc(-c4cnc5ccc6occc6n45)c4c3C(=O)NC4)nc2CN(C)C)C(=O)O1. The molecule has 7 rings (SSSR count). The summed E-state index contributed by atoms with van der Waals surface area (Å²) in [5.74, 6) is 0.423. The fourth-order valence-electron chi connectivity index (χ4n) is 5.56. The van der Waals surface area contributed by atoms with Crippen LogP contribution in [0.25, 0.3) is 28.0 Å². The highest BCUT2D eigenvalue weighted by atomic mass is 16.6. The second kappa shape index (κ2) is 9.09. The molecule has 0 spiro atoms. The molecule has 6 heterocycles. The van der Waals surface area contributed by atoms with E-state index in [-0.39, 0.29) is 18.1 Å². The maximum Gasteiger partial charge on any atom is 0.414 e. The van der Waals surface area contributed by atoms with Gasteiger partial charge < -0.3 is 24.7 Å². The number of benzene rings is 1. The summed E-state index contributed by atoms with van der Waals surface area (Å²) in [7, 11) is 3.90. The van der Waals surface area contributed by atoms with Gasteiger partial charge in [-0.15, -0.1) is 0 Å². The predicted octanol–water partition coefficient (Wildman–Crippen LogP) is 4.54. The molecule has 5 aromatic rings. The highest BCUT2D eigenvalue weighted by molar-refractivity contribution is 6.06.